The second-order valence-electron chi connectivity index (χ2n) is 8.08. The number of benzene rings is 1. The van der Waals surface area contributed by atoms with E-state index in [0.29, 0.717) is 5.75 Å². The van der Waals surface area contributed by atoms with Gasteiger partial charge in [0.05, 0.1) is 0 Å². The molecule has 0 spiro atoms. The zero-order chi connectivity index (χ0) is 20.7. The molecule has 3 rings (SSSR count). The molecule has 2 aliphatic rings. The number of allylic oxidation sites excluding steroid dienone is 3. The molecule has 156 valence electrons. The summed E-state index contributed by atoms with van der Waals surface area (Å²) in [6.07, 6.45) is 7.21. The second-order valence-corrected chi connectivity index (χ2v) is 8.08. The van der Waals surface area contributed by atoms with Crippen molar-refractivity contribution in [2.75, 3.05) is 32.7 Å². The van der Waals surface area contributed by atoms with Gasteiger partial charge in [0.25, 0.3) is 0 Å². The van der Waals surface area contributed by atoms with E-state index in [4.69, 9.17) is 0 Å². The zero-order valence-electron chi connectivity index (χ0n) is 18.2. The molecule has 1 aliphatic carbocycles. The first-order chi connectivity index (χ1) is 13.4. The molecule has 0 bridgehead atoms. The summed E-state index contributed by atoms with van der Waals surface area (Å²) in [6.45, 7) is 17.7. The van der Waals surface area contributed by atoms with Crippen LogP contribution in [-0.4, -0.2) is 52.7 Å². The van der Waals surface area contributed by atoms with Crippen molar-refractivity contribution in [3.8, 4) is 11.5 Å². The minimum absolute atomic E-state index is 0.130. The third kappa shape index (κ3) is 5.62. The third-order valence-corrected chi connectivity index (χ3v) is 5.88. The van der Waals surface area contributed by atoms with Crippen molar-refractivity contribution in [3.05, 3.63) is 47.1 Å². The molecule has 0 radical (unpaired) electrons. The van der Waals surface area contributed by atoms with Gasteiger partial charge in [0.1, 0.15) is 11.5 Å². The first-order valence-electron chi connectivity index (χ1n) is 10.6. The third-order valence-electron chi connectivity index (χ3n) is 5.88. The number of hydrogen-bond donors (Lipinski definition) is 2. The minimum Gasteiger partial charge on any atom is -0.507 e. The number of aryl methyl sites for hydroxylation is 1. The Hall–Kier alpha value is -1.78. The molecule has 1 atom stereocenters. The first kappa shape index (κ1) is 22.5. The van der Waals surface area contributed by atoms with Crippen LogP contribution in [0.2, 0.25) is 0 Å². The van der Waals surface area contributed by atoms with Crippen molar-refractivity contribution in [2.24, 2.45) is 0 Å². The monoisotopic (exact) mass is 386 g/mol. The highest BCUT2D eigenvalue weighted by molar-refractivity contribution is 5.55. The lowest BCUT2D eigenvalue weighted by Gasteiger charge is -2.34. The molecule has 1 saturated heterocycles. The van der Waals surface area contributed by atoms with Crippen molar-refractivity contribution < 1.29 is 10.2 Å². The van der Waals surface area contributed by atoms with Gasteiger partial charge in [-0.3, -0.25) is 4.90 Å². The topological polar surface area (TPSA) is 46.9 Å². The summed E-state index contributed by atoms with van der Waals surface area (Å²) < 4.78 is 0. The Morgan fingerprint density at radius 2 is 1.75 bits per heavy atom. The van der Waals surface area contributed by atoms with Crippen molar-refractivity contribution in [1.29, 1.82) is 0 Å². The van der Waals surface area contributed by atoms with Crippen molar-refractivity contribution in [1.82, 2.24) is 9.80 Å². The molecule has 4 heteroatoms. The van der Waals surface area contributed by atoms with E-state index in [1.54, 1.807) is 6.08 Å². The molecule has 0 amide bonds. The van der Waals surface area contributed by atoms with Gasteiger partial charge in [-0.05, 0) is 58.2 Å². The van der Waals surface area contributed by atoms with Gasteiger partial charge in [-0.25, -0.2) is 0 Å². The van der Waals surface area contributed by atoms with Crippen molar-refractivity contribution >= 4 is 0 Å². The second kappa shape index (κ2) is 10.7. The number of phenolic OH excluding ortho intramolecular Hbond substituents is 2. The number of rotatable bonds is 4. The largest absolute Gasteiger partial charge is 0.507 e. The van der Waals surface area contributed by atoms with Gasteiger partial charge in [0.15, 0.2) is 0 Å². The quantitative estimate of drug-likeness (QED) is 0.719. The molecular formula is C24H38N2O2. The van der Waals surface area contributed by atoms with Gasteiger partial charge in [-0.1, -0.05) is 24.6 Å². The summed E-state index contributed by atoms with van der Waals surface area (Å²) >= 11 is 0. The van der Waals surface area contributed by atoms with Gasteiger partial charge >= 0.3 is 0 Å². The van der Waals surface area contributed by atoms with Gasteiger partial charge in [-0.2, -0.15) is 0 Å². The zero-order valence-corrected chi connectivity index (χ0v) is 18.2. The van der Waals surface area contributed by atoms with Crippen LogP contribution in [0.15, 0.2) is 30.4 Å². The fraction of sp³-hybridized carbons (Fsp3) is 0.583. The maximum Gasteiger partial charge on any atom is 0.127 e. The van der Waals surface area contributed by atoms with Crippen LogP contribution in [0.1, 0.15) is 62.6 Å². The van der Waals surface area contributed by atoms with Crippen LogP contribution in [0.3, 0.4) is 0 Å². The van der Waals surface area contributed by atoms with Gasteiger partial charge in [0.2, 0.25) is 0 Å². The molecule has 1 aromatic rings. The Labute approximate surface area is 171 Å². The van der Waals surface area contributed by atoms with Crippen LogP contribution in [0.4, 0.5) is 0 Å². The maximum absolute atomic E-state index is 11.0. The summed E-state index contributed by atoms with van der Waals surface area (Å²) in [7, 11) is 0. The Morgan fingerprint density at radius 3 is 2.32 bits per heavy atom. The van der Waals surface area contributed by atoms with E-state index < -0.39 is 0 Å². The SMILES string of the molecule is C=CC.CCN1CCN(Cc2c(C)cc(O)c(C3C=C(C)CCC3)c2O)CC1. The summed E-state index contributed by atoms with van der Waals surface area (Å²) in [5.74, 6) is 0.682. The highest BCUT2D eigenvalue weighted by Crippen LogP contribution is 2.43. The molecule has 0 saturated carbocycles. The molecule has 1 unspecified atom stereocenters. The molecule has 2 N–H and O–H groups in total. The number of nitrogens with zero attached hydrogens (tertiary/aromatic N) is 2. The Balaban J connectivity index is 0.000000878. The number of phenols is 2. The van der Waals surface area contributed by atoms with Crippen LogP contribution in [0.25, 0.3) is 0 Å². The summed E-state index contributed by atoms with van der Waals surface area (Å²) in [5.41, 5.74) is 4.04. The first-order valence-corrected chi connectivity index (χ1v) is 10.6. The molecule has 28 heavy (non-hydrogen) atoms. The highest BCUT2D eigenvalue weighted by atomic mass is 16.3. The molecule has 4 nitrogen and oxygen atoms in total. The van der Waals surface area contributed by atoms with Gasteiger partial charge < -0.3 is 15.1 Å². The van der Waals surface area contributed by atoms with E-state index >= 15 is 0 Å². The Bertz CT molecular complexity index is 688. The van der Waals surface area contributed by atoms with Crippen molar-refractivity contribution in [3.63, 3.8) is 0 Å². The Kier molecular flexibility index (Phi) is 8.58. The van der Waals surface area contributed by atoms with E-state index in [0.717, 1.165) is 75.2 Å². The number of piperazine rings is 1. The number of likely N-dealkylation sites (N-methyl/N-ethyl adjacent to an activating group) is 1. The van der Waals surface area contributed by atoms with E-state index in [1.807, 2.05) is 19.9 Å². The van der Waals surface area contributed by atoms with Crippen LogP contribution < -0.4 is 0 Å². The Morgan fingerprint density at radius 1 is 1.14 bits per heavy atom. The van der Waals surface area contributed by atoms with Gasteiger partial charge in [0, 0.05) is 49.8 Å². The average molecular weight is 387 g/mol. The lowest BCUT2D eigenvalue weighted by atomic mass is 9.83. The fourth-order valence-corrected chi connectivity index (χ4v) is 4.23. The fourth-order valence-electron chi connectivity index (χ4n) is 4.23. The highest BCUT2D eigenvalue weighted by Gasteiger charge is 2.25. The summed E-state index contributed by atoms with van der Waals surface area (Å²) in [6, 6.07) is 1.84. The number of aromatic hydroxyl groups is 2. The summed E-state index contributed by atoms with van der Waals surface area (Å²) in [4.78, 5) is 4.87. The van der Waals surface area contributed by atoms with Gasteiger partial charge in [-0.15, -0.1) is 6.58 Å². The normalized spacial score (nSPS) is 20.9. The lowest BCUT2D eigenvalue weighted by Crippen LogP contribution is -2.45. The van der Waals surface area contributed by atoms with E-state index in [1.165, 1.54) is 5.57 Å². The van der Waals surface area contributed by atoms with Crippen LogP contribution >= 0.6 is 0 Å². The molecule has 1 aliphatic heterocycles. The minimum atomic E-state index is 0.130. The predicted molar refractivity (Wildman–Crippen MR) is 118 cm³/mol. The molecule has 1 heterocycles. The maximum atomic E-state index is 11.0. The van der Waals surface area contributed by atoms with Crippen LogP contribution in [0.5, 0.6) is 11.5 Å². The lowest BCUT2D eigenvalue weighted by molar-refractivity contribution is 0.131. The standard InChI is InChI=1S/C21H32N2O2.C3H6/c1-4-22-8-10-23(11-9-22)14-18-16(3)13-19(24)20(21(18)25)17-7-5-6-15(2)12-17;1-3-2/h12-13,17,24-25H,4-11,14H2,1-3H3;3H,1H2,2H3. The van der Waals surface area contributed by atoms with E-state index in [2.05, 4.69) is 36.3 Å². The molecule has 1 fully saturated rings. The average Bonchev–Trinajstić information content (AvgIpc) is 2.66. The summed E-state index contributed by atoms with van der Waals surface area (Å²) in [5, 5.41) is 21.5. The molecular weight excluding hydrogens is 348 g/mol. The number of hydrogen-bond acceptors (Lipinski definition) is 4. The van der Waals surface area contributed by atoms with E-state index in [-0.39, 0.29) is 11.7 Å². The predicted octanol–water partition coefficient (Wildman–Crippen LogP) is 4.95. The van der Waals surface area contributed by atoms with Crippen molar-refractivity contribution in [2.45, 2.75) is 59.4 Å². The van der Waals surface area contributed by atoms with E-state index in [9.17, 15) is 10.2 Å². The molecule has 1 aromatic carbocycles. The van der Waals surface area contributed by atoms with Crippen LogP contribution in [-0.2, 0) is 6.54 Å². The van der Waals surface area contributed by atoms with Crippen LogP contribution in [0, 0.1) is 6.92 Å². The smallest absolute Gasteiger partial charge is 0.127 e. The molecule has 0 aromatic heterocycles.